The minimum Gasteiger partial charge on any atom is -0.357 e. The highest BCUT2D eigenvalue weighted by molar-refractivity contribution is 14.0. The summed E-state index contributed by atoms with van der Waals surface area (Å²) in [4.78, 5) is 9.73. The molecule has 0 aromatic carbocycles. The van der Waals surface area contributed by atoms with Gasteiger partial charge in [0.05, 0.1) is 6.54 Å². The number of nitrogens with zero attached hydrogens (tertiary/aromatic N) is 3. The van der Waals surface area contributed by atoms with Gasteiger partial charge in [0.15, 0.2) is 5.96 Å². The van der Waals surface area contributed by atoms with Crippen LogP contribution in [0.15, 0.2) is 4.99 Å². The van der Waals surface area contributed by atoms with Crippen molar-refractivity contribution in [2.75, 3.05) is 40.3 Å². The first kappa shape index (κ1) is 19.0. The molecule has 124 valence electrons. The first-order valence-corrected chi connectivity index (χ1v) is 8.31. The summed E-state index contributed by atoms with van der Waals surface area (Å²) in [6.45, 7) is 8.72. The lowest BCUT2D eigenvalue weighted by Crippen LogP contribution is -2.46. The lowest BCUT2D eigenvalue weighted by molar-refractivity contribution is 0.261. The second-order valence-corrected chi connectivity index (χ2v) is 6.73. The van der Waals surface area contributed by atoms with Gasteiger partial charge in [-0.15, -0.1) is 24.0 Å². The molecule has 5 heteroatoms. The predicted molar refractivity (Wildman–Crippen MR) is 102 cm³/mol. The number of hydrogen-bond acceptors (Lipinski definition) is 2. The van der Waals surface area contributed by atoms with Gasteiger partial charge in [0.2, 0.25) is 0 Å². The fraction of sp³-hybridized carbons (Fsp3) is 0.938. The summed E-state index contributed by atoms with van der Waals surface area (Å²) in [5.74, 6) is 2.88. The van der Waals surface area contributed by atoms with Gasteiger partial charge in [-0.05, 0) is 58.5 Å². The quantitative estimate of drug-likeness (QED) is 0.431. The smallest absolute Gasteiger partial charge is 0.193 e. The third-order valence-corrected chi connectivity index (χ3v) is 4.68. The second kappa shape index (κ2) is 9.18. The first-order chi connectivity index (χ1) is 9.61. The molecule has 1 heterocycles. The van der Waals surface area contributed by atoms with Crippen molar-refractivity contribution >= 4 is 29.9 Å². The molecule has 21 heavy (non-hydrogen) atoms. The normalized spacial score (nSPS) is 22.1. The van der Waals surface area contributed by atoms with Crippen LogP contribution in [0.5, 0.6) is 0 Å². The van der Waals surface area contributed by atoms with E-state index >= 15 is 0 Å². The van der Waals surface area contributed by atoms with Crippen molar-refractivity contribution in [3.63, 3.8) is 0 Å². The van der Waals surface area contributed by atoms with Crippen LogP contribution >= 0.6 is 24.0 Å². The molecule has 2 fully saturated rings. The van der Waals surface area contributed by atoms with Gasteiger partial charge in [0.25, 0.3) is 0 Å². The van der Waals surface area contributed by atoms with E-state index in [-0.39, 0.29) is 24.0 Å². The number of aliphatic imine (C=N–C) groups is 1. The van der Waals surface area contributed by atoms with Crippen molar-refractivity contribution in [1.29, 1.82) is 0 Å². The first-order valence-electron chi connectivity index (χ1n) is 8.31. The molecule has 0 radical (unpaired) electrons. The molecular formula is C16H33IN4. The Labute approximate surface area is 147 Å². The maximum atomic E-state index is 4.93. The van der Waals surface area contributed by atoms with Crippen LogP contribution < -0.4 is 5.32 Å². The highest BCUT2D eigenvalue weighted by Gasteiger charge is 2.32. The number of halogens is 1. The summed E-state index contributed by atoms with van der Waals surface area (Å²) in [6, 6.07) is 0.618. The van der Waals surface area contributed by atoms with Gasteiger partial charge in [0.1, 0.15) is 0 Å². The lowest BCUT2D eigenvalue weighted by Gasteiger charge is -2.33. The number of rotatable bonds is 5. The summed E-state index contributed by atoms with van der Waals surface area (Å²) < 4.78 is 0. The number of guanidine groups is 1. The summed E-state index contributed by atoms with van der Waals surface area (Å²) in [5.41, 5.74) is 0. The summed E-state index contributed by atoms with van der Waals surface area (Å²) in [6.07, 6.45) is 5.36. The molecule has 0 aromatic rings. The Morgan fingerprint density at radius 1 is 1.24 bits per heavy atom. The number of likely N-dealkylation sites (N-methyl/N-ethyl adjacent to an activating group) is 1. The number of hydrogen-bond donors (Lipinski definition) is 1. The van der Waals surface area contributed by atoms with Crippen molar-refractivity contribution in [1.82, 2.24) is 15.1 Å². The van der Waals surface area contributed by atoms with E-state index in [0.717, 1.165) is 44.0 Å². The summed E-state index contributed by atoms with van der Waals surface area (Å²) >= 11 is 0. The van der Waals surface area contributed by atoms with Gasteiger partial charge in [-0.3, -0.25) is 4.99 Å². The van der Waals surface area contributed by atoms with Crippen LogP contribution in [0.3, 0.4) is 0 Å². The van der Waals surface area contributed by atoms with Crippen molar-refractivity contribution in [3.8, 4) is 0 Å². The Bertz CT molecular complexity index is 318. The molecule has 1 atom stereocenters. The molecule has 0 aromatic heterocycles. The zero-order chi connectivity index (χ0) is 14.5. The molecule has 1 unspecified atom stereocenters. The Morgan fingerprint density at radius 3 is 2.33 bits per heavy atom. The molecule has 1 saturated carbocycles. The van der Waals surface area contributed by atoms with E-state index in [1.807, 2.05) is 0 Å². The molecule has 0 amide bonds. The van der Waals surface area contributed by atoms with E-state index in [4.69, 9.17) is 4.99 Å². The average Bonchev–Trinajstić information content (AvgIpc) is 3.23. The SMILES string of the molecule is CCNC(=NCC(C1CC1)N(C)C)N1CCC(C)CC1.I. The van der Waals surface area contributed by atoms with Gasteiger partial charge in [0, 0.05) is 25.7 Å². The molecule has 1 N–H and O–H groups in total. The Hall–Kier alpha value is -0.0400. The number of piperidine rings is 1. The van der Waals surface area contributed by atoms with Crippen LogP contribution in [0.4, 0.5) is 0 Å². The standard InChI is InChI=1S/C16H32N4.HI/c1-5-17-16(20-10-8-13(2)9-11-20)18-12-15(19(3)4)14-6-7-14;/h13-15H,5-12H2,1-4H3,(H,17,18);1H. The van der Waals surface area contributed by atoms with Crippen molar-refractivity contribution in [3.05, 3.63) is 0 Å². The summed E-state index contributed by atoms with van der Waals surface area (Å²) in [7, 11) is 4.38. The minimum absolute atomic E-state index is 0. The van der Waals surface area contributed by atoms with E-state index in [0.29, 0.717) is 6.04 Å². The lowest BCUT2D eigenvalue weighted by atomic mass is 9.99. The van der Waals surface area contributed by atoms with Crippen LogP contribution in [-0.2, 0) is 0 Å². The topological polar surface area (TPSA) is 30.9 Å². The van der Waals surface area contributed by atoms with Gasteiger partial charge in [-0.25, -0.2) is 0 Å². The fourth-order valence-corrected chi connectivity index (χ4v) is 3.04. The van der Waals surface area contributed by atoms with E-state index in [9.17, 15) is 0 Å². The molecule has 1 saturated heterocycles. The van der Waals surface area contributed by atoms with E-state index in [1.165, 1.54) is 25.7 Å². The third-order valence-electron chi connectivity index (χ3n) is 4.68. The fourth-order valence-electron chi connectivity index (χ4n) is 3.04. The molecule has 2 rings (SSSR count). The van der Waals surface area contributed by atoms with Crippen LogP contribution in [0.2, 0.25) is 0 Å². The van der Waals surface area contributed by atoms with Crippen molar-refractivity contribution < 1.29 is 0 Å². The average molecular weight is 408 g/mol. The monoisotopic (exact) mass is 408 g/mol. The Kier molecular flexibility index (Phi) is 8.31. The number of nitrogens with one attached hydrogen (secondary N) is 1. The predicted octanol–water partition coefficient (Wildman–Crippen LogP) is 2.64. The molecule has 1 aliphatic heterocycles. The number of likely N-dealkylation sites (tertiary alicyclic amines) is 1. The minimum atomic E-state index is 0. The van der Waals surface area contributed by atoms with E-state index < -0.39 is 0 Å². The highest BCUT2D eigenvalue weighted by Crippen LogP contribution is 2.34. The molecule has 0 spiro atoms. The maximum absolute atomic E-state index is 4.93. The molecule has 0 bridgehead atoms. The zero-order valence-electron chi connectivity index (χ0n) is 14.1. The van der Waals surface area contributed by atoms with Crippen LogP contribution in [0.1, 0.15) is 39.5 Å². The highest BCUT2D eigenvalue weighted by atomic mass is 127. The van der Waals surface area contributed by atoms with Crippen molar-refractivity contribution in [2.24, 2.45) is 16.8 Å². The maximum Gasteiger partial charge on any atom is 0.193 e. The summed E-state index contributed by atoms with van der Waals surface area (Å²) in [5, 5.41) is 3.48. The molecule has 2 aliphatic rings. The Balaban J connectivity index is 0.00000220. The molecule has 4 nitrogen and oxygen atoms in total. The van der Waals surface area contributed by atoms with Gasteiger partial charge in [-0.1, -0.05) is 6.92 Å². The largest absolute Gasteiger partial charge is 0.357 e. The third kappa shape index (κ3) is 5.93. The van der Waals surface area contributed by atoms with Gasteiger partial charge < -0.3 is 15.1 Å². The Morgan fingerprint density at radius 2 is 1.86 bits per heavy atom. The van der Waals surface area contributed by atoms with E-state index in [2.05, 4.69) is 43.1 Å². The van der Waals surface area contributed by atoms with Gasteiger partial charge >= 0.3 is 0 Å². The zero-order valence-corrected chi connectivity index (χ0v) is 16.5. The molecule has 1 aliphatic carbocycles. The van der Waals surface area contributed by atoms with Gasteiger partial charge in [-0.2, -0.15) is 0 Å². The van der Waals surface area contributed by atoms with E-state index in [1.54, 1.807) is 0 Å². The van der Waals surface area contributed by atoms with Crippen LogP contribution in [0.25, 0.3) is 0 Å². The second-order valence-electron chi connectivity index (χ2n) is 6.73. The molecular weight excluding hydrogens is 375 g/mol. The van der Waals surface area contributed by atoms with Crippen molar-refractivity contribution in [2.45, 2.75) is 45.6 Å². The van der Waals surface area contributed by atoms with Crippen LogP contribution in [0, 0.1) is 11.8 Å². The van der Waals surface area contributed by atoms with Crippen LogP contribution in [-0.4, -0.2) is 62.1 Å².